The Balaban J connectivity index is 7.08. The van der Waals surface area contributed by atoms with Gasteiger partial charge in [-0.1, -0.05) is 0 Å². The first-order valence-corrected chi connectivity index (χ1v) is 10.2. The van der Waals surface area contributed by atoms with E-state index in [4.69, 9.17) is 0 Å². The molecule has 246 valence electrons. The van der Waals surface area contributed by atoms with Crippen molar-refractivity contribution in [2.75, 3.05) is 26.7 Å². The lowest BCUT2D eigenvalue weighted by atomic mass is 9.86. The van der Waals surface area contributed by atoms with Crippen molar-refractivity contribution in [2.45, 2.75) is 73.3 Å². The molecule has 23 heteroatoms. The Labute approximate surface area is 214 Å². The molecule has 0 aromatic carbocycles. The van der Waals surface area contributed by atoms with Gasteiger partial charge in [-0.15, -0.1) is 0 Å². The van der Waals surface area contributed by atoms with E-state index in [1.165, 1.54) is 13.8 Å². The van der Waals surface area contributed by atoms with Gasteiger partial charge in [0.05, 0.1) is 20.1 Å². The number of halogens is 22. The Bertz CT molecular complexity index is 954. The molecule has 41 heavy (non-hydrogen) atoms. The van der Waals surface area contributed by atoms with Crippen LogP contribution in [0.5, 0.6) is 0 Å². The molecule has 0 aliphatic rings. The SMILES string of the molecule is CC[N+](C)(CC)C/C=C(\F)C(F)(F)C(F)(F)C(F)(F)C(F)(F)C(F)(F)C(F)(F)C(F)(F)C(F)(F)C(F)(F)C(F)(F)F. The molecule has 1 nitrogen and oxygen atoms in total. The van der Waals surface area contributed by atoms with Crippen LogP contribution in [0.15, 0.2) is 11.9 Å². The summed E-state index contributed by atoms with van der Waals surface area (Å²) in [4.78, 5) is 0. The summed E-state index contributed by atoms with van der Waals surface area (Å²) in [6.07, 6.45) is -8.70. The second kappa shape index (κ2) is 10.4. The lowest BCUT2D eigenvalue weighted by Crippen LogP contribution is -2.76. The number of rotatable bonds is 13. The van der Waals surface area contributed by atoms with E-state index in [1.54, 1.807) is 0 Å². The highest BCUT2D eigenvalue weighted by Gasteiger charge is 2.98. The zero-order chi connectivity index (χ0) is 33.9. The molecular formula is C18H16F22N+. The molecule has 0 aromatic rings. The lowest BCUT2D eigenvalue weighted by Gasteiger charge is -2.44. The molecule has 0 saturated carbocycles. The van der Waals surface area contributed by atoms with Crippen LogP contribution < -0.4 is 0 Å². The van der Waals surface area contributed by atoms with E-state index in [0.717, 1.165) is 7.05 Å². The van der Waals surface area contributed by atoms with Crippen LogP contribution in [0.4, 0.5) is 96.6 Å². The van der Waals surface area contributed by atoms with Gasteiger partial charge in [-0.25, -0.2) is 4.39 Å². The summed E-state index contributed by atoms with van der Waals surface area (Å²) in [5.74, 6) is -82.5. The van der Waals surface area contributed by atoms with E-state index < -0.39 is 82.4 Å². The van der Waals surface area contributed by atoms with Crippen LogP contribution in [0.3, 0.4) is 0 Å². The molecule has 0 bridgehead atoms. The maximum atomic E-state index is 13.9. The second-order valence-electron chi connectivity index (χ2n) is 8.65. The van der Waals surface area contributed by atoms with E-state index >= 15 is 0 Å². The molecular weight excluding hydrogens is 648 g/mol. The van der Waals surface area contributed by atoms with Crippen LogP contribution in [-0.4, -0.2) is 90.6 Å². The Kier molecular flexibility index (Phi) is 9.94. The molecule has 0 amide bonds. The monoisotopic (exact) mass is 664 g/mol. The van der Waals surface area contributed by atoms with Gasteiger partial charge in [-0.05, 0) is 13.8 Å². The van der Waals surface area contributed by atoms with Gasteiger partial charge < -0.3 is 4.48 Å². The summed E-state index contributed by atoms with van der Waals surface area (Å²) in [5.41, 5.74) is 0. The zero-order valence-electron chi connectivity index (χ0n) is 20.0. The number of alkyl halides is 21. The number of allylic oxidation sites excluding steroid dienone is 1. The minimum absolute atomic E-state index is 0.135. The number of nitrogens with zero attached hydrogens (tertiary/aromatic N) is 1. The summed E-state index contributed by atoms with van der Waals surface area (Å²) < 4.78 is 293. The number of likely N-dealkylation sites (N-methyl/N-ethyl adjacent to an activating group) is 1. The predicted octanol–water partition coefficient (Wildman–Crippen LogP) is 8.61. The predicted molar refractivity (Wildman–Crippen MR) is 91.9 cm³/mol. The van der Waals surface area contributed by atoms with Gasteiger partial charge in [0, 0.05) is 6.08 Å². The van der Waals surface area contributed by atoms with E-state index in [-0.39, 0.29) is 13.1 Å². The van der Waals surface area contributed by atoms with E-state index in [0.29, 0.717) is 0 Å². The second-order valence-corrected chi connectivity index (χ2v) is 8.65. The minimum Gasteiger partial charge on any atom is -0.323 e. The van der Waals surface area contributed by atoms with Crippen molar-refractivity contribution in [2.24, 2.45) is 0 Å². The summed E-state index contributed by atoms with van der Waals surface area (Å²) in [6, 6.07) is 0. The maximum Gasteiger partial charge on any atom is 0.460 e. The fourth-order valence-electron chi connectivity index (χ4n) is 2.62. The Morgan fingerprint density at radius 3 is 0.951 bits per heavy atom. The van der Waals surface area contributed by atoms with Crippen LogP contribution in [0.25, 0.3) is 0 Å². The van der Waals surface area contributed by atoms with Crippen molar-refractivity contribution < 1.29 is 101 Å². The third kappa shape index (κ3) is 5.29. The van der Waals surface area contributed by atoms with Crippen LogP contribution in [0, 0.1) is 0 Å². The highest BCUT2D eigenvalue weighted by molar-refractivity contribution is 5.21. The Hall–Kier alpha value is -1.84. The van der Waals surface area contributed by atoms with E-state index in [9.17, 15) is 96.6 Å². The van der Waals surface area contributed by atoms with Crippen molar-refractivity contribution in [1.82, 2.24) is 0 Å². The number of hydrogen-bond donors (Lipinski definition) is 0. The molecule has 0 heterocycles. The largest absolute Gasteiger partial charge is 0.460 e. The highest BCUT2D eigenvalue weighted by atomic mass is 19.4. The standard InChI is InChI=1S/C18H16F22N/c1-4-41(3,5-2)7-6-8(19)9(20,21)10(22,23)11(24,25)12(26,27)13(28,29)14(30,31)15(32,33)16(34,35)17(36,37)18(38,39)40/h6H,4-5,7H2,1-3H3/q+1/b8-6-. The molecule has 0 spiro atoms. The third-order valence-corrected chi connectivity index (χ3v) is 6.05. The number of quaternary nitrogens is 1. The average molecular weight is 664 g/mol. The topological polar surface area (TPSA) is 0 Å². The van der Waals surface area contributed by atoms with Gasteiger partial charge in [0.1, 0.15) is 6.54 Å². The lowest BCUT2D eigenvalue weighted by molar-refractivity contribution is -0.900. The average Bonchev–Trinajstić information content (AvgIpc) is 2.80. The molecule has 0 rings (SSSR count). The smallest absolute Gasteiger partial charge is 0.323 e. The molecule has 0 radical (unpaired) electrons. The molecule has 0 aromatic heterocycles. The van der Waals surface area contributed by atoms with Crippen LogP contribution in [0.2, 0.25) is 0 Å². The number of hydrogen-bond acceptors (Lipinski definition) is 0. The quantitative estimate of drug-likeness (QED) is 0.137. The maximum absolute atomic E-state index is 13.9. The van der Waals surface area contributed by atoms with Gasteiger partial charge in [-0.2, -0.15) is 92.2 Å². The highest BCUT2D eigenvalue weighted by Crippen LogP contribution is 2.66. The van der Waals surface area contributed by atoms with Crippen LogP contribution in [0.1, 0.15) is 13.8 Å². The van der Waals surface area contributed by atoms with Crippen LogP contribution >= 0.6 is 0 Å². The van der Waals surface area contributed by atoms with Crippen molar-refractivity contribution >= 4 is 0 Å². The first-order valence-electron chi connectivity index (χ1n) is 10.2. The molecule has 0 N–H and O–H groups in total. The summed E-state index contributed by atoms with van der Waals surface area (Å²) in [7, 11) is 1.09. The van der Waals surface area contributed by atoms with Crippen molar-refractivity contribution in [3.63, 3.8) is 0 Å². The van der Waals surface area contributed by atoms with E-state index in [2.05, 4.69) is 0 Å². The summed E-state index contributed by atoms with van der Waals surface area (Å²) in [6.45, 7) is 1.13. The Morgan fingerprint density at radius 2 is 0.707 bits per heavy atom. The molecule has 0 aliphatic heterocycles. The van der Waals surface area contributed by atoms with Crippen molar-refractivity contribution in [3.05, 3.63) is 11.9 Å². The fraction of sp³-hybridized carbons (Fsp3) is 0.889. The molecule has 0 aliphatic carbocycles. The Morgan fingerprint density at radius 1 is 0.463 bits per heavy atom. The van der Waals surface area contributed by atoms with Gasteiger partial charge in [0.2, 0.25) is 0 Å². The molecule has 0 atom stereocenters. The zero-order valence-corrected chi connectivity index (χ0v) is 20.0. The van der Waals surface area contributed by atoms with Crippen molar-refractivity contribution in [3.8, 4) is 0 Å². The van der Waals surface area contributed by atoms with Gasteiger partial charge in [0.15, 0.2) is 5.83 Å². The van der Waals surface area contributed by atoms with Crippen LogP contribution in [-0.2, 0) is 0 Å². The molecule has 0 saturated heterocycles. The first kappa shape index (κ1) is 39.2. The molecule has 0 fully saturated rings. The van der Waals surface area contributed by atoms with Gasteiger partial charge in [0.25, 0.3) is 0 Å². The third-order valence-electron chi connectivity index (χ3n) is 6.05. The van der Waals surface area contributed by atoms with E-state index in [1.807, 2.05) is 0 Å². The fourth-order valence-corrected chi connectivity index (χ4v) is 2.62. The van der Waals surface area contributed by atoms with Gasteiger partial charge in [-0.3, -0.25) is 0 Å². The van der Waals surface area contributed by atoms with Crippen molar-refractivity contribution in [1.29, 1.82) is 0 Å². The molecule has 0 unspecified atom stereocenters. The summed E-state index contributed by atoms with van der Waals surface area (Å²) >= 11 is 0. The summed E-state index contributed by atoms with van der Waals surface area (Å²) in [5, 5.41) is 0. The van der Waals surface area contributed by atoms with Gasteiger partial charge >= 0.3 is 59.5 Å². The minimum atomic E-state index is -9.26. The first-order chi connectivity index (χ1) is 17.5. The normalized spacial score (nSPS) is 16.9.